The zero-order valence-corrected chi connectivity index (χ0v) is 7.06. The Hall–Kier alpha value is -0.120. The van der Waals surface area contributed by atoms with Crippen molar-refractivity contribution in [3.05, 3.63) is 17.9 Å². The SMILES string of the molecule is [CH2]SCC=C(CC)C(F)(F)F. The Morgan fingerprint density at radius 3 is 2.36 bits per heavy atom. The molecule has 0 N–H and O–H groups in total. The van der Waals surface area contributed by atoms with Crippen LogP contribution in [-0.4, -0.2) is 11.9 Å². The summed E-state index contributed by atoms with van der Waals surface area (Å²) in [5, 5.41) is 0. The highest BCUT2D eigenvalue weighted by atomic mass is 32.2. The van der Waals surface area contributed by atoms with Crippen molar-refractivity contribution < 1.29 is 13.2 Å². The van der Waals surface area contributed by atoms with Crippen molar-refractivity contribution in [3.8, 4) is 0 Å². The molecule has 0 amide bonds. The van der Waals surface area contributed by atoms with Gasteiger partial charge in [-0.1, -0.05) is 13.0 Å². The lowest BCUT2D eigenvalue weighted by Gasteiger charge is -2.08. The minimum absolute atomic E-state index is 0.0318. The van der Waals surface area contributed by atoms with Crippen molar-refractivity contribution in [2.24, 2.45) is 0 Å². The smallest absolute Gasteiger partial charge is 0.166 e. The standard InChI is InChI=1S/C7H10F3S/c1-3-6(4-5-11-2)7(8,9)10/h4H,2-3,5H2,1H3. The molecular formula is C7H10F3S. The van der Waals surface area contributed by atoms with Gasteiger partial charge in [0.05, 0.1) is 0 Å². The maximum atomic E-state index is 11.9. The summed E-state index contributed by atoms with van der Waals surface area (Å²) in [6.07, 6.45) is 0.427. The number of hydrogen-bond acceptors (Lipinski definition) is 1. The summed E-state index contributed by atoms with van der Waals surface area (Å²) < 4.78 is 35.8. The van der Waals surface area contributed by atoms with E-state index in [-0.39, 0.29) is 6.42 Å². The van der Waals surface area contributed by atoms with Gasteiger partial charge in [-0.2, -0.15) is 24.9 Å². The monoisotopic (exact) mass is 183 g/mol. The van der Waals surface area contributed by atoms with E-state index < -0.39 is 11.7 Å². The van der Waals surface area contributed by atoms with Crippen LogP contribution < -0.4 is 0 Å². The summed E-state index contributed by atoms with van der Waals surface area (Å²) in [7, 11) is 0. The lowest BCUT2D eigenvalue weighted by Crippen LogP contribution is -2.11. The summed E-state index contributed by atoms with van der Waals surface area (Å²) in [4.78, 5) is 0. The maximum absolute atomic E-state index is 11.9. The highest BCUT2D eigenvalue weighted by molar-refractivity contribution is 8.00. The molecule has 0 fully saturated rings. The van der Waals surface area contributed by atoms with Crippen LogP contribution in [0.4, 0.5) is 13.2 Å². The number of hydrogen-bond donors (Lipinski definition) is 0. The van der Waals surface area contributed by atoms with Crippen molar-refractivity contribution in [3.63, 3.8) is 0 Å². The molecule has 0 aliphatic carbocycles. The zero-order valence-electron chi connectivity index (χ0n) is 6.24. The normalized spacial score (nSPS) is 13.7. The topological polar surface area (TPSA) is 0 Å². The fourth-order valence-corrected chi connectivity index (χ4v) is 0.939. The first kappa shape index (κ1) is 10.9. The molecule has 0 aromatic heterocycles. The van der Waals surface area contributed by atoms with Gasteiger partial charge in [-0.25, -0.2) is 0 Å². The van der Waals surface area contributed by atoms with Gasteiger partial charge in [0.15, 0.2) is 0 Å². The molecule has 0 saturated carbocycles. The van der Waals surface area contributed by atoms with Crippen molar-refractivity contribution in [2.45, 2.75) is 19.5 Å². The van der Waals surface area contributed by atoms with Gasteiger partial charge in [0, 0.05) is 17.6 Å². The predicted octanol–water partition coefficient (Wildman–Crippen LogP) is 3.41. The van der Waals surface area contributed by atoms with Crippen LogP contribution in [-0.2, 0) is 0 Å². The Kier molecular flexibility index (Phi) is 4.65. The van der Waals surface area contributed by atoms with Crippen LogP contribution in [0, 0.1) is 6.26 Å². The molecule has 11 heavy (non-hydrogen) atoms. The Labute approximate surface area is 68.9 Å². The van der Waals surface area contributed by atoms with Crippen molar-refractivity contribution in [2.75, 3.05) is 5.75 Å². The summed E-state index contributed by atoms with van der Waals surface area (Å²) in [6, 6.07) is 0. The van der Waals surface area contributed by atoms with Crippen LogP contribution in [0.1, 0.15) is 13.3 Å². The molecule has 0 nitrogen and oxygen atoms in total. The van der Waals surface area contributed by atoms with Crippen LogP contribution in [0.25, 0.3) is 0 Å². The third-order valence-electron chi connectivity index (χ3n) is 1.19. The minimum Gasteiger partial charge on any atom is -0.166 e. The molecule has 0 aliphatic rings. The van der Waals surface area contributed by atoms with E-state index in [2.05, 4.69) is 6.26 Å². The van der Waals surface area contributed by atoms with Crippen molar-refractivity contribution in [1.82, 2.24) is 0 Å². The first-order valence-electron chi connectivity index (χ1n) is 3.15. The van der Waals surface area contributed by atoms with Gasteiger partial charge in [0.1, 0.15) is 0 Å². The zero-order chi connectivity index (χ0) is 8.91. The van der Waals surface area contributed by atoms with E-state index in [4.69, 9.17) is 0 Å². The molecule has 0 rings (SSSR count). The molecule has 0 heterocycles. The number of thioether (sulfide) groups is 1. The second-order valence-electron chi connectivity index (χ2n) is 1.95. The molecule has 0 unspecified atom stereocenters. The number of rotatable bonds is 3. The molecule has 0 saturated heterocycles. The molecular weight excluding hydrogens is 173 g/mol. The lowest BCUT2D eigenvalue weighted by atomic mass is 10.2. The number of allylic oxidation sites excluding steroid dienone is 1. The van der Waals surface area contributed by atoms with E-state index >= 15 is 0 Å². The van der Waals surface area contributed by atoms with E-state index in [0.717, 1.165) is 11.8 Å². The van der Waals surface area contributed by atoms with Crippen LogP contribution in [0.3, 0.4) is 0 Å². The summed E-state index contributed by atoms with van der Waals surface area (Å²) in [6.45, 7) is 1.49. The van der Waals surface area contributed by atoms with Gasteiger partial charge in [0.2, 0.25) is 0 Å². The van der Waals surface area contributed by atoms with Gasteiger partial charge in [-0.3, -0.25) is 0 Å². The van der Waals surface area contributed by atoms with Crippen LogP contribution in [0.5, 0.6) is 0 Å². The van der Waals surface area contributed by atoms with Crippen LogP contribution in [0.2, 0.25) is 0 Å². The molecule has 0 spiro atoms. The number of alkyl halides is 3. The Morgan fingerprint density at radius 2 is 2.09 bits per heavy atom. The Balaban J connectivity index is 4.16. The highest BCUT2D eigenvalue weighted by Crippen LogP contribution is 2.27. The minimum atomic E-state index is -4.16. The molecule has 0 aromatic rings. The van der Waals surface area contributed by atoms with Crippen molar-refractivity contribution in [1.29, 1.82) is 0 Å². The second-order valence-corrected chi connectivity index (χ2v) is 2.69. The molecule has 0 aliphatic heterocycles. The largest absolute Gasteiger partial charge is 0.412 e. The van der Waals surface area contributed by atoms with Gasteiger partial charge >= 0.3 is 6.18 Å². The van der Waals surface area contributed by atoms with E-state index in [1.807, 2.05) is 0 Å². The average molecular weight is 183 g/mol. The van der Waals surface area contributed by atoms with E-state index in [1.54, 1.807) is 0 Å². The van der Waals surface area contributed by atoms with Gasteiger partial charge in [0.25, 0.3) is 0 Å². The van der Waals surface area contributed by atoms with Gasteiger partial charge in [-0.15, -0.1) is 0 Å². The fourth-order valence-electron chi connectivity index (χ4n) is 0.620. The maximum Gasteiger partial charge on any atom is 0.412 e. The first-order chi connectivity index (χ1) is 5.02. The fraction of sp³-hybridized carbons (Fsp3) is 0.571. The van der Waals surface area contributed by atoms with Gasteiger partial charge in [-0.05, 0) is 6.42 Å². The highest BCUT2D eigenvalue weighted by Gasteiger charge is 2.31. The van der Waals surface area contributed by atoms with Crippen LogP contribution >= 0.6 is 11.8 Å². The first-order valence-corrected chi connectivity index (χ1v) is 4.31. The van der Waals surface area contributed by atoms with E-state index in [9.17, 15) is 13.2 Å². The van der Waals surface area contributed by atoms with E-state index in [0.29, 0.717) is 5.75 Å². The summed E-state index contributed by atoms with van der Waals surface area (Å²) in [5.41, 5.74) is -0.464. The predicted molar refractivity (Wildman–Crippen MR) is 42.2 cm³/mol. The lowest BCUT2D eigenvalue weighted by molar-refractivity contribution is -0.0936. The van der Waals surface area contributed by atoms with Gasteiger partial charge < -0.3 is 0 Å². The molecule has 65 valence electrons. The Bertz CT molecular complexity index is 137. The number of halogens is 3. The third kappa shape index (κ3) is 4.35. The van der Waals surface area contributed by atoms with Crippen LogP contribution in [0.15, 0.2) is 11.6 Å². The molecule has 0 aromatic carbocycles. The average Bonchev–Trinajstić information content (AvgIpc) is 1.87. The quantitative estimate of drug-likeness (QED) is 0.604. The Morgan fingerprint density at radius 1 is 1.55 bits per heavy atom. The molecule has 0 atom stereocenters. The third-order valence-corrected chi connectivity index (χ3v) is 1.59. The molecule has 1 radical (unpaired) electrons. The summed E-state index contributed by atoms with van der Waals surface area (Å²) in [5.74, 6) is 0.322. The second kappa shape index (κ2) is 4.70. The molecule has 0 bridgehead atoms. The summed E-state index contributed by atoms with van der Waals surface area (Å²) >= 11 is 1.14. The van der Waals surface area contributed by atoms with Crippen molar-refractivity contribution >= 4 is 11.8 Å². The van der Waals surface area contributed by atoms with E-state index in [1.165, 1.54) is 13.0 Å². The molecule has 4 heteroatoms.